The number of hydrogen-bond donors (Lipinski definition) is 2. The van der Waals surface area contributed by atoms with Crippen LogP contribution in [0.5, 0.6) is 0 Å². The van der Waals surface area contributed by atoms with E-state index in [2.05, 4.69) is 32.6 Å². The number of halogens is 1. The maximum absolute atomic E-state index is 11.2. The minimum Gasteiger partial charge on any atom is -0.399 e. The monoisotopic (exact) mass is 383 g/mol. The molecule has 0 unspecified atom stereocenters. The van der Waals surface area contributed by atoms with Gasteiger partial charge in [-0.2, -0.15) is 0 Å². The number of benzene rings is 1. The number of rotatable bonds is 5. The van der Waals surface area contributed by atoms with Crippen LogP contribution in [-0.2, 0) is 11.3 Å². The number of amides is 1. The molecule has 0 bridgehead atoms. The predicted octanol–water partition coefficient (Wildman–Crippen LogP) is 1.16. The Hall–Kier alpha value is -1.90. The summed E-state index contributed by atoms with van der Waals surface area (Å²) in [5, 5.41) is 0. The van der Waals surface area contributed by atoms with Crippen molar-refractivity contribution in [3.63, 3.8) is 0 Å². The lowest BCUT2D eigenvalue weighted by atomic mass is 10.2. The average Bonchev–Trinajstić information content (AvgIpc) is 2.41. The fraction of sp³-hybridized carbons (Fsp3) is 0.154. The molecule has 1 amide bonds. The lowest BCUT2D eigenvalue weighted by Gasteiger charge is -2.21. The molecular formula is C13H14IN5O. The summed E-state index contributed by atoms with van der Waals surface area (Å²) in [6.45, 7) is 0.550. The number of nitrogens with two attached hydrogens (primary N) is 2. The summed E-state index contributed by atoms with van der Waals surface area (Å²) in [5.74, 6) is 0.0450. The number of primary amides is 1. The summed E-state index contributed by atoms with van der Waals surface area (Å²) in [5.41, 5.74) is 12.6. The van der Waals surface area contributed by atoms with Crippen LogP contribution in [0.3, 0.4) is 0 Å². The van der Waals surface area contributed by atoms with Crippen LogP contribution in [-0.4, -0.2) is 22.4 Å². The molecule has 6 nitrogen and oxygen atoms in total. The Kier molecular flexibility index (Phi) is 4.72. The van der Waals surface area contributed by atoms with Gasteiger partial charge in [-0.3, -0.25) is 4.79 Å². The normalized spacial score (nSPS) is 10.2. The molecule has 2 aromatic rings. The highest BCUT2D eigenvalue weighted by molar-refractivity contribution is 14.1. The first kappa shape index (κ1) is 14.5. The summed E-state index contributed by atoms with van der Waals surface area (Å²) in [6, 6.07) is 7.42. The summed E-state index contributed by atoms with van der Waals surface area (Å²) in [7, 11) is 0. The van der Waals surface area contributed by atoms with E-state index >= 15 is 0 Å². The first-order chi connectivity index (χ1) is 9.54. The van der Waals surface area contributed by atoms with Crippen molar-refractivity contribution in [2.45, 2.75) is 6.54 Å². The van der Waals surface area contributed by atoms with Crippen molar-refractivity contribution in [1.29, 1.82) is 0 Å². The zero-order valence-electron chi connectivity index (χ0n) is 10.7. The van der Waals surface area contributed by atoms with E-state index in [4.69, 9.17) is 11.5 Å². The Morgan fingerprint density at radius 3 is 2.35 bits per heavy atom. The molecule has 1 aromatic carbocycles. The highest BCUT2D eigenvalue weighted by Crippen LogP contribution is 2.14. The molecule has 0 saturated heterocycles. The second-order valence-electron chi connectivity index (χ2n) is 4.27. The van der Waals surface area contributed by atoms with E-state index in [-0.39, 0.29) is 6.54 Å². The number of carbonyl (C=O) groups is 1. The Morgan fingerprint density at radius 2 is 1.80 bits per heavy atom. The smallest absolute Gasteiger partial charge is 0.237 e. The first-order valence-corrected chi connectivity index (χ1v) is 6.97. The minimum absolute atomic E-state index is 0.0605. The van der Waals surface area contributed by atoms with Gasteiger partial charge in [-0.05, 0) is 40.3 Å². The predicted molar refractivity (Wildman–Crippen MR) is 85.8 cm³/mol. The number of nitrogen functional groups attached to an aromatic ring is 1. The molecule has 0 aliphatic heterocycles. The molecule has 7 heteroatoms. The second-order valence-corrected chi connectivity index (χ2v) is 5.51. The second kappa shape index (κ2) is 6.51. The Labute approximate surface area is 130 Å². The molecule has 0 saturated carbocycles. The number of anilines is 2. The molecule has 1 aromatic heterocycles. The summed E-state index contributed by atoms with van der Waals surface area (Å²) >= 11 is 2.12. The molecule has 104 valence electrons. The van der Waals surface area contributed by atoms with Gasteiger partial charge in [0.1, 0.15) is 0 Å². The largest absolute Gasteiger partial charge is 0.399 e. The molecular weight excluding hydrogens is 369 g/mol. The number of aromatic nitrogens is 2. The lowest BCUT2D eigenvalue weighted by Crippen LogP contribution is -2.34. The van der Waals surface area contributed by atoms with Gasteiger partial charge in [-0.15, -0.1) is 0 Å². The van der Waals surface area contributed by atoms with Gasteiger partial charge in [0, 0.05) is 28.2 Å². The van der Waals surface area contributed by atoms with E-state index in [1.165, 1.54) is 0 Å². The third kappa shape index (κ3) is 4.05. The van der Waals surface area contributed by atoms with Gasteiger partial charge in [0.2, 0.25) is 11.9 Å². The van der Waals surface area contributed by atoms with E-state index in [9.17, 15) is 4.79 Å². The molecule has 2 rings (SSSR count). The fourth-order valence-corrected chi connectivity index (χ4v) is 1.98. The highest BCUT2D eigenvalue weighted by atomic mass is 127. The quantitative estimate of drug-likeness (QED) is 0.597. The van der Waals surface area contributed by atoms with Crippen LogP contribution in [0.1, 0.15) is 5.56 Å². The zero-order valence-corrected chi connectivity index (χ0v) is 12.8. The Bertz CT molecular complexity index is 585. The molecule has 0 spiro atoms. The van der Waals surface area contributed by atoms with Crippen LogP contribution >= 0.6 is 22.6 Å². The summed E-state index contributed by atoms with van der Waals surface area (Å²) in [6.07, 6.45) is 3.39. The van der Waals surface area contributed by atoms with Crippen molar-refractivity contribution in [1.82, 2.24) is 9.97 Å². The Morgan fingerprint density at radius 1 is 1.20 bits per heavy atom. The van der Waals surface area contributed by atoms with Crippen molar-refractivity contribution >= 4 is 40.1 Å². The fourth-order valence-electron chi connectivity index (χ4n) is 1.70. The van der Waals surface area contributed by atoms with Crippen LogP contribution in [0.2, 0.25) is 0 Å². The van der Waals surface area contributed by atoms with Gasteiger partial charge in [0.05, 0.1) is 6.54 Å². The molecule has 0 atom stereocenters. The van der Waals surface area contributed by atoms with Crippen LogP contribution in [0.15, 0.2) is 36.7 Å². The van der Waals surface area contributed by atoms with Gasteiger partial charge >= 0.3 is 0 Å². The van der Waals surface area contributed by atoms with Gasteiger partial charge < -0.3 is 16.4 Å². The minimum atomic E-state index is -0.428. The van der Waals surface area contributed by atoms with Crippen molar-refractivity contribution in [2.24, 2.45) is 5.73 Å². The van der Waals surface area contributed by atoms with Crippen LogP contribution < -0.4 is 16.4 Å². The van der Waals surface area contributed by atoms with Crippen molar-refractivity contribution in [3.8, 4) is 0 Å². The number of carbonyl (C=O) groups excluding carboxylic acids is 1. The van der Waals surface area contributed by atoms with E-state index in [0.717, 1.165) is 9.13 Å². The van der Waals surface area contributed by atoms with E-state index in [1.807, 2.05) is 24.3 Å². The maximum Gasteiger partial charge on any atom is 0.237 e. The van der Waals surface area contributed by atoms with Gasteiger partial charge in [0.15, 0.2) is 0 Å². The first-order valence-electron chi connectivity index (χ1n) is 5.90. The lowest BCUT2D eigenvalue weighted by molar-refractivity contribution is -0.116. The van der Waals surface area contributed by atoms with Crippen LogP contribution in [0.4, 0.5) is 11.6 Å². The molecule has 20 heavy (non-hydrogen) atoms. The molecule has 0 aliphatic carbocycles. The highest BCUT2D eigenvalue weighted by Gasteiger charge is 2.13. The third-order valence-electron chi connectivity index (χ3n) is 2.59. The van der Waals surface area contributed by atoms with Crippen LogP contribution in [0, 0.1) is 3.57 Å². The number of nitrogens with zero attached hydrogens (tertiary/aromatic N) is 3. The van der Waals surface area contributed by atoms with Crippen molar-refractivity contribution in [3.05, 3.63) is 45.8 Å². The van der Waals surface area contributed by atoms with E-state index in [1.54, 1.807) is 17.3 Å². The number of hydrogen-bond acceptors (Lipinski definition) is 5. The SMILES string of the molecule is NC(=O)CN(Cc1ccc(N)cc1)c1ncc(I)cn1. The molecule has 1 heterocycles. The van der Waals surface area contributed by atoms with E-state index < -0.39 is 5.91 Å². The Balaban J connectivity index is 2.21. The molecule has 4 N–H and O–H groups in total. The third-order valence-corrected chi connectivity index (χ3v) is 3.15. The standard InChI is InChI=1S/C13H14IN5O/c14-10-5-17-13(18-6-10)19(8-12(16)20)7-9-1-3-11(15)4-2-9/h1-6H,7-8,15H2,(H2,16,20). The van der Waals surface area contributed by atoms with E-state index in [0.29, 0.717) is 18.2 Å². The molecule has 0 aliphatic rings. The van der Waals surface area contributed by atoms with Gasteiger partial charge in [0.25, 0.3) is 0 Å². The van der Waals surface area contributed by atoms with Crippen LogP contribution in [0.25, 0.3) is 0 Å². The molecule has 0 fully saturated rings. The van der Waals surface area contributed by atoms with Crippen molar-refractivity contribution in [2.75, 3.05) is 17.2 Å². The maximum atomic E-state index is 11.2. The average molecular weight is 383 g/mol. The van der Waals surface area contributed by atoms with Gasteiger partial charge in [-0.25, -0.2) is 9.97 Å². The zero-order chi connectivity index (χ0) is 14.5. The summed E-state index contributed by atoms with van der Waals surface area (Å²) < 4.78 is 0.929. The van der Waals surface area contributed by atoms with Gasteiger partial charge in [-0.1, -0.05) is 12.1 Å². The van der Waals surface area contributed by atoms with Crippen molar-refractivity contribution < 1.29 is 4.79 Å². The topological polar surface area (TPSA) is 98.1 Å². The molecule has 0 radical (unpaired) electrons. The summed E-state index contributed by atoms with van der Waals surface area (Å²) in [4.78, 5) is 21.4.